The van der Waals surface area contributed by atoms with Gasteiger partial charge in [-0.2, -0.15) is 0 Å². The Balaban J connectivity index is 0. The number of halogens is 1. The highest BCUT2D eigenvalue weighted by atomic mass is 35.5. The quantitative estimate of drug-likeness (QED) is 0.362. The Kier molecular flexibility index (Phi) is 18.5. The van der Waals surface area contributed by atoms with Crippen LogP contribution < -0.4 is 16.4 Å². The second-order valence-corrected chi connectivity index (χ2v) is 3.90. The minimum atomic E-state index is -0.122. The highest BCUT2D eigenvalue weighted by molar-refractivity contribution is 5.85. The van der Waals surface area contributed by atoms with Crippen LogP contribution in [0.2, 0.25) is 0 Å². The summed E-state index contributed by atoms with van der Waals surface area (Å²) >= 11 is 0. The van der Waals surface area contributed by atoms with Crippen molar-refractivity contribution in [3.63, 3.8) is 0 Å². The number of rotatable bonds is 12. The molecule has 0 aromatic carbocycles. The molecule has 5 nitrogen and oxygen atoms in total. The maximum absolute atomic E-state index is 11.0. The van der Waals surface area contributed by atoms with Crippen LogP contribution in [-0.2, 0) is 9.53 Å². The summed E-state index contributed by atoms with van der Waals surface area (Å²) in [6.45, 7) is 6.75. The summed E-state index contributed by atoms with van der Waals surface area (Å²) in [6.07, 6.45) is 3.77. The first-order valence-corrected chi connectivity index (χ1v) is 6.58. The molecule has 0 aliphatic rings. The Labute approximate surface area is 117 Å². The number of nitrogens with two attached hydrogens (primary N) is 1. The predicted molar refractivity (Wildman–Crippen MR) is 77.1 cm³/mol. The molecule has 0 aliphatic heterocycles. The molecule has 0 radical (unpaired) electrons. The fourth-order valence-corrected chi connectivity index (χ4v) is 1.40. The van der Waals surface area contributed by atoms with Gasteiger partial charge in [0.2, 0.25) is 0 Å². The van der Waals surface area contributed by atoms with Gasteiger partial charge in [0, 0.05) is 6.54 Å². The van der Waals surface area contributed by atoms with Crippen LogP contribution >= 0.6 is 12.4 Å². The summed E-state index contributed by atoms with van der Waals surface area (Å²) in [7, 11) is 0. The van der Waals surface area contributed by atoms with Crippen LogP contribution in [0.25, 0.3) is 0 Å². The van der Waals surface area contributed by atoms with E-state index in [-0.39, 0.29) is 18.4 Å². The van der Waals surface area contributed by atoms with Crippen LogP contribution in [0.5, 0.6) is 0 Å². The molecule has 0 unspecified atom stereocenters. The van der Waals surface area contributed by atoms with E-state index in [4.69, 9.17) is 10.5 Å². The summed E-state index contributed by atoms with van der Waals surface area (Å²) in [6, 6.07) is 0. The van der Waals surface area contributed by atoms with Crippen molar-refractivity contribution in [2.24, 2.45) is 5.73 Å². The number of esters is 1. The Morgan fingerprint density at radius 1 is 1.06 bits per heavy atom. The molecule has 0 heterocycles. The topological polar surface area (TPSA) is 76.4 Å². The highest BCUT2D eigenvalue weighted by Gasteiger charge is 1.99. The van der Waals surface area contributed by atoms with Crippen molar-refractivity contribution in [3.05, 3.63) is 0 Å². The highest BCUT2D eigenvalue weighted by Crippen LogP contribution is 1.87. The van der Waals surface area contributed by atoms with Crippen LogP contribution in [0.4, 0.5) is 0 Å². The van der Waals surface area contributed by atoms with Gasteiger partial charge in [-0.1, -0.05) is 0 Å². The average molecular weight is 282 g/mol. The van der Waals surface area contributed by atoms with Gasteiger partial charge in [-0.25, -0.2) is 0 Å². The van der Waals surface area contributed by atoms with Gasteiger partial charge in [-0.3, -0.25) is 4.79 Å². The molecule has 0 saturated heterocycles. The van der Waals surface area contributed by atoms with Crippen molar-refractivity contribution in [3.8, 4) is 0 Å². The van der Waals surface area contributed by atoms with Gasteiger partial charge < -0.3 is 21.1 Å². The van der Waals surface area contributed by atoms with Crippen molar-refractivity contribution in [1.29, 1.82) is 0 Å². The lowest BCUT2D eigenvalue weighted by atomic mass is 10.3. The molecular weight excluding hydrogens is 254 g/mol. The molecule has 0 bridgehead atoms. The lowest BCUT2D eigenvalue weighted by Gasteiger charge is -2.05. The largest absolute Gasteiger partial charge is 0.466 e. The number of unbranched alkanes of at least 4 members (excludes halogenated alkanes) is 1. The maximum atomic E-state index is 11.0. The van der Waals surface area contributed by atoms with Crippen LogP contribution in [-0.4, -0.2) is 45.3 Å². The number of hydrogen-bond acceptors (Lipinski definition) is 5. The second kappa shape index (κ2) is 16.6. The number of hydrogen-bond donors (Lipinski definition) is 3. The Morgan fingerprint density at radius 2 is 1.61 bits per heavy atom. The first kappa shape index (κ1) is 20.0. The third-order valence-electron chi connectivity index (χ3n) is 2.33. The first-order valence-electron chi connectivity index (χ1n) is 6.58. The van der Waals surface area contributed by atoms with E-state index in [2.05, 4.69) is 10.6 Å². The van der Waals surface area contributed by atoms with Gasteiger partial charge in [-0.15, -0.1) is 12.4 Å². The van der Waals surface area contributed by atoms with Crippen molar-refractivity contribution in [1.82, 2.24) is 10.6 Å². The molecule has 0 atom stereocenters. The van der Waals surface area contributed by atoms with Crippen molar-refractivity contribution < 1.29 is 9.53 Å². The summed E-state index contributed by atoms with van der Waals surface area (Å²) in [5.74, 6) is -0.122. The van der Waals surface area contributed by atoms with E-state index in [1.54, 1.807) is 0 Å². The van der Waals surface area contributed by atoms with Crippen LogP contribution in [0.15, 0.2) is 0 Å². The smallest absolute Gasteiger partial charge is 0.307 e. The molecule has 0 fully saturated rings. The van der Waals surface area contributed by atoms with E-state index in [0.29, 0.717) is 19.6 Å². The van der Waals surface area contributed by atoms with Gasteiger partial charge >= 0.3 is 5.97 Å². The van der Waals surface area contributed by atoms with Crippen LogP contribution in [0, 0.1) is 0 Å². The zero-order valence-electron chi connectivity index (χ0n) is 11.4. The second-order valence-electron chi connectivity index (χ2n) is 3.90. The molecule has 0 saturated carbocycles. The molecule has 0 aliphatic carbocycles. The summed E-state index contributed by atoms with van der Waals surface area (Å²) in [5, 5.41) is 6.56. The molecule has 4 N–H and O–H groups in total. The molecular formula is C12H28ClN3O2. The normalized spacial score (nSPS) is 9.89. The number of ether oxygens (including phenoxy) is 1. The third-order valence-corrected chi connectivity index (χ3v) is 2.33. The lowest BCUT2D eigenvalue weighted by molar-refractivity contribution is -0.142. The van der Waals surface area contributed by atoms with Gasteiger partial charge in [0.15, 0.2) is 0 Å². The molecule has 0 aromatic rings. The third kappa shape index (κ3) is 15.6. The van der Waals surface area contributed by atoms with Gasteiger partial charge in [0.05, 0.1) is 13.0 Å². The summed E-state index contributed by atoms with van der Waals surface area (Å²) in [5.41, 5.74) is 5.38. The Hall–Kier alpha value is -0.360. The zero-order valence-corrected chi connectivity index (χ0v) is 12.2. The average Bonchev–Trinajstić information content (AvgIpc) is 2.32. The minimum Gasteiger partial charge on any atom is -0.466 e. The predicted octanol–water partition coefficient (Wildman–Crippen LogP) is 0.670. The Morgan fingerprint density at radius 3 is 2.17 bits per heavy atom. The summed E-state index contributed by atoms with van der Waals surface area (Å²) in [4.78, 5) is 11.0. The van der Waals surface area contributed by atoms with E-state index in [1.165, 1.54) is 0 Å². The SMILES string of the molecule is CCOC(=O)CCNCCCCNCCCN.Cl. The van der Waals surface area contributed by atoms with Gasteiger partial charge in [-0.05, 0) is 52.4 Å². The van der Waals surface area contributed by atoms with Crippen molar-refractivity contribution in [2.75, 3.05) is 39.3 Å². The molecule has 110 valence electrons. The van der Waals surface area contributed by atoms with Gasteiger partial charge in [0.1, 0.15) is 0 Å². The molecule has 0 spiro atoms. The fourth-order valence-electron chi connectivity index (χ4n) is 1.40. The standard InChI is InChI=1S/C12H27N3O2.ClH/c1-2-17-12(16)6-11-15-9-4-3-8-14-10-5-7-13;/h14-15H,2-11,13H2,1H3;1H. The molecule has 6 heteroatoms. The van der Waals surface area contributed by atoms with E-state index in [0.717, 1.165) is 45.4 Å². The summed E-state index contributed by atoms with van der Waals surface area (Å²) < 4.78 is 4.83. The van der Waals surface area contributed by atoms with E-state index in [9.17, 15) is 4.79 Å². The van der Waals surface area contributed by atoms with E-state index in [1.807, 2.05) is 6.92 Å². The Bertz CT molecular complexity index is 183. The molecule has 0 amide bonds. The molecule has 18 heavy (non-hydrogen) atoms. The zero-order chi connectivity index (χ0) is 12.8. The van der Waals surface area contributed by atoms with Crippen molar-refractivity contribution in [2.45, 2.75) is 32.6 Å². The monoisotopic (exact) mass is 281 g/mol. The van der Waals surface area contributed by atoms with Crippen LogP contribution in [0.3, 0.4) is 0 Å². The van der Waals surface area contributed by atoms with Gasteiger partial charge in [0.25, 0.3) is 0 Å². The minimum absolute atomic E-state index is 0. The molecule has 0 rings (SSSR count). The fraction of sp³-hybridized carbons (Fsp3) is 0.917. The lowest BCUT2D eigenvalue weighted by Crippen LogP contribution is -2.23. The first-order chi connectivity index (χ1) is 8.31. The number of carbonyl (C=O) groups is 1. The van der Waals surface area contributed by atoms with Crippen molar-refractivity contribution >= 4 is 18.4 Å². The maximum Gasteiger partial charge on any atom is 0.307 e. The van der Waals surface area contributed by atoms with E-state index < -0.39 is 0 Å². The van der Waals surface area contributed by atoms with E-state index >= 15 is 0 Å². The van der Waals surface area contributed by atoms with Crippen LogP contribution in [0.1, 0.15) is 32.6 Å². The number of nitrogens with one attached hydrogen (secondary N) is 2. The molecule has 0 aromatic heterocycles. The number of carbonyl (C=O) groups excluding carboxylic acids is 1.